The van der Waals surface area contributed by atoms with Crippen molar-refractivity contribution in [2.24, 2.45) is 0 Å². The molecule has 0 spiro atoms. The minimum atomic E-state index is -0.249. The highest BCUT2D eigenvalue weighted by atomic mass is 32.2. The molecule has 0 N–H and O–H groups in total. The number of benzene rings is 2. The van der Waals surface area contributed by atoms with E-state index in [1.807, 2.05) is 30.3 Å². The number of para-hydroxylation sites is 1. The van der Waals surface area contributed by atoms with Crippen molar-refractivity contribution < 1.29 is 14.3 Å². The summed E-state index contributed by atoms with van der Waals surface area (Å²) in [7, 11) is 0. The van der Waals surface area contributed by atoms with Crippen LogP contribution in [0.5, 0.6) is 5.75 Å². The van der Waals surface area contributed by atoms with Crippen molar-refractivity contribution in [3.8, 4) is 11.8 Å². The third-order valence-electron chi connectivity index (χ3n) is 4.66. The molecule has 2 aromatic carbocycles. The Kier molecular flexibility index (Phi) is 8.21. The first-order valence-electron chi connectivity index (χ1n) is 10.0. The zero-order valence-electron chi connectivity index (χ0n) is 17.5. The molecule has 1 aromatic heterocycles. The number of thioether (sulfide) groups is 2. The largest absolute Gasteiger partial charge is 0.494 e. The number of hydrogen-bond acceptors (Lipinski definition) is 6. The summed E-state index contributed by atoms with van der Waals surface area (Å²) in [6.45, 7) is 4.48. The van der Waals surface area contributed by atoms with Gasteiger partial charge in [-0.25, -0.2) is 0 Å². The average Bonchev–Trinajstić information content (AvgIpc) is 3.12. The first-order valence-corrected chi connectivity index (χ1v) is 11.8. The first-order chi connectivity index (χ1) is 15.0. The fraction of sp³-hybridized carbons (Fsp3) is 0.292. The van der Waals surface area contributed by atoms with Gasteiger partial charge in [-0.05, 0) is 43.2 Å². The molecular weight excluding hydrogens is 428 g/mol. The summed E-state index contributed by atoms with van der Waals surface area (Å²) in [5.41, 5.74) is 2.72. The van der Waals surface area contributed by atoms with Crippen LogP contribution in [0.2, 0.25) is 0 Å². The van der Waals surface area contributed by atoms with E-state index in [9.17, 15) is 9.59 Å². The molecule has 0 saturated heterocycles. The number of unbranched alkanes of at least 4 members (excludes halogenated alkanes) is 1. The maximum Gasteiger partial charge on any atom is 0.187 e. The number of ether oxygens (including phenoxy) is 1. The molecule has 5 nitrogen and oxygen atoms in total. The van der Waals surface area contributed by atoms with E-state index in [0.717, 1.165) is 41.6 Å². The van der Waals surface area contributed by atoms with Gasteiger partial charge in [0.25, 0.3) is 0 Å². The molecule has 31 heavy (non-hydrogen) atoms. The number of nitriles is 1. The Morgan fingerprint density at radius 3 is 2.35 bits per heavy atom. The van der Waals surface area contributed by atoms with Crippen LogP contribution in [0.4, 0.5) is 0 Å². The molecule has 0 amide bonds. The lowest BCUT2D eigenvalue weighted by molar-refractivity contribution is -0.109. The van der Waals surface area contributed by atoms with Crippen LogP contribution in [0, 0.1) is 11.3 Å². The van der Waals surface area contributed by atoms with E-state index in [0.29, 0.717) is 12.2 Å². The number of rotatable bonds is 9. The van der Waals surface area contributed by atoms with E-state index in [2.05, 4.69) is 22.9 Å². The Bertz CT molecular complexity index is 1080. The smallest absolute Gasteiger partial charge is 0.187 e. The maximum absolute atomic E-state index is 11.8. The van der Waals surface area contributed by atoms with E-state index in [1.54, 1.807) is 12.1 Å². The Morgan fingerprint density at radius 2 is 1.71 bits per heavy atom. The van der Waals surface area contributed by atoms with E-state index in [4.69, 9.17) is 10.00 Å². The van der Waals surface area contributed by atoms with Gasteiger partial charge in [0.1, 0.15) is 5.75 Å². The van der Waals surface area contributed by atoms with Gasteiger partial charge < -0.3 is 9.30 Å². The lowest BCUT2D eigenvalue weighted by Gasteiger charge is -2.11. The minimum absolute atomic E-state index is 0.00414. The molecule has 3 rings (SSSR count). The Labute approximate surface area is 190 Å². The highest BCUT2D eigenvalue weighted by Gasteiger charge is 2.22. The summed E-state index contributed by atoms with van der Waals surface area (Å²) in [4.78, 5) is 23.5. The SMILES string of the molecule is CC(=O)SC(SC(C)=O)c1cn(CCCCOc2ccc(C#N)cc2)c2ccccc12. The molecule has 7 heteroatoms. The van der Waals surface area contributed by atoms with Crippen LogP contribution in [-0.4, -0.2) is 21.4 Å². The van der Waals surface area contributed by atoms with Gasteiger partial charge >= 0.3 is 0 Å². The standard InChI is InChI=1S/C24H24N2O3S2/c1-17(27)30-24(31-18(2)28)22-16-26(23-8-4-3-7-21(22)23)13-5-6-14-29-20-11-9-19(15-25)10-12-20/h3-4,7-12,16,24H,5-6,13-14H2,1-2H3. The van der Waals surface area contributed by atoms with Gasteiger partial charge in [0.2, 0.25) is 0 Å². The number of hydrogen-bond donors (Lipinski definition) is 0. The summed E-state index contributed by atoms with van der Waals surface area (Å²) in [5.74, 6) is 0.762. The molecular formula is C24H24N2O3S2. The quantitative estimate of drug-likeness (QED) is 0.296. The fourth-order valence-electron chi connectivity index (χ4n) is 3.30. The summed E-state index contributed by atoms with van der Waals surface area (Å²) in [6.07, 6.45) is 3.89. The van der Waals surface area contributed by atoms with Crippen molar-refractivity contribution in [2.75, 3.05) is 6.61 Å². The normalized spacial score (nSPS) is 10.9. The number of fused-ring (bicyclic) bond motifs is 1. The van der Waals surface area contributed by atoms with Crippen molar-refractivity contribution in [3.63, 3.8) is 0 Å². The molecule has 160 valence electrons. The van der Waals surface area contributed by atoms with Crippen molar-refractivity contribution in [2.45, 2.75) is 37.8 Å². The van der Waals surface area contributed by atoms with Gasteiger partial charge in [-0.2, -0.15) is 5.26 Å². The lowest BCUT2D eigenvalue weighted by Crippen LogP contribution is -2.02. The molecule has 0 unspecified atom stereocenters. The number of carbonyl (C=O) groups is 2. The Balaban J connectivity index is 1.65. The Morgan fingerprint density at radius 1 is 1.03 bits per heavy atom. The van der Waals surface area contributed by atoms with Crippen LogP contribution in [-0.2, 0) is 16.1 Å². The number of aromatic nitrogens is 1. The van der Waals surface area contributed by atoms with Crippen LogP contribution < -0.4 is 4.74 Å². The van der Waals surface area contributed by atoms with Crippen molar-refractivity contribution in [3.05, 3.63) is 65.9 Å². The van der Waals surface area contributed by atoms with E-state index in [-0.39, 0.29) is 14.8 Å². The van der Waals surface area contributed by atoms with Gasteiger partial charge in [-0.3, -0.25) is 9.59 Å². The van der Waals surface area contributed by atoms with E-state index < -0.39 is 0 Å². The van der Waals surface area contributed by atoms with Crippen LogP contribution in [0.15, 0.2) is 54.7 Å². The zero-order chi connectivity index (χ0) is 22.2. The molecule has 0 bridgehead atoms. The molecule has 0 atom stereocenters. The molecule has 1 heterocycles. The third-order valence-corrected chi connectivity index (χ3v) is 6.84. The molecule has 0 aliphatic carbocycles. The second-order valence-corrected chi connectivity index (χ2v) is 9.90. The summed E-state index contributed by atoms with van der Waals surface area (Å²) in [6, 6.07) is 17.3. The van der Waals surface area contributed by atoms with Gasteiger partial charge in [0, 0.05) is 43.1 Å². The predicted molar refractivity (Wildman–Crippen MR) is 127 cm³/mol. The summed E-state index contributed by atoms with van der Waals surface area (Å²) < 4.78 is 7.71. The van der Waals surface area contributed by atoms with Crippen molar-refractivity contribution in [1.29, 1.82) is 5.26 Å². The van der Waals surface area contributed by atoms with Crippen molar-refractivity contribution in [1.82, 2.24) is 4.57 Å². The predicted octanol–water partition coefficient (Wildman–Crippen LogP) is 5.93. The summed E-state index contributed by atoms with van der Waals surface area (Å²) in [5, 5.41) is 9.92. The Hall–Kier alpha value is -2.69. The topological polar surface area (TPSA) is 72.1 Å². The summed E-state index contributed by atoms with van der Waals surface area (Å²) >= 11 is 2.38. The molecule has 0 aliphatic rings. The maximum atomic E-state index is 11.8. The molecule has 0 saturated carbocycles. The van der Waals surface area contributed by atoms with Crippen molar-refractivity contribution >= 4 is 44.7 Å². The average molecular weight is 453 g/mol. The number of aryl methyl sites for hydroxylation is 1. The monoisotopic (exact) mass is 452 g/mol. The fourth-order valence-corrected chi connectivity index (χ4v) is 5.54. The highest BCUT2D eigenvalue weighted by Crippen LogP contribution is 2.43. The first kappa shape index (κ1) is 23.0. The van der Waals surface area contributed by atoms with Gasteiger partial charge in [-0.15, -0.1) is 0 Å². The number of carbonyl (C=O) groups excluding carboxylic acids is 2. The van der Waals surface area contributed by atoms with Gasteiger partial charge in [0.15, 0.2) is 10.2 Å². The molecule has 3 aromatic rings. The highest BCUT2D eigenvalue weighted by molar-refractivity contribution is 8.29. The van der Waals surface area contributed by atoms with Gasteiger partial charge in [0.05, 0.1) is 22.8 Å². The minimum Gasteiger partial charge on any atom is -0.494 e. The van der Waals surface area contributed by atoms with Crippen LogP contribution in [0.3, 0.4) is 0 Å². The van der Waals surface area contributed by atoms with E-state index in [1.165, 1.54) is 37.4 Å². The zero-order valence-corrected chi connectivity index (χ0v) is 19.2. The lowest BCUT2D eigenvalue weighted by atomic mass is 10.2. The molecule has 0 radical (unpaired) electrons. The van der Waals surface area contributed by atoms with Crippen LogP contribution in [0.1, 0.15) is 42.4 Å². The second kappa shape index (κ2) is 11.1. The van der Waals surface area contributed by atoms with Crippen LogP contribution in [0.25, 0.3) is 10.9 Å². The molecule has 0 aliphatic heterocycles. The van der Waals surface area contributed by atoms with Crippen LogP contribution >= 0.6 is 23.5 Å². The second-order valence-electron chi connectivity index (χ2n) is 7.04. The van der Waals surface area contributed by atoms with E-state index >= 15 is 0 Å². The number of nitrogens with zero attached hydrogens (tertiary/aromatic N) is 2. The third kappa shape index (κ3) is 6.39. The molecule has 0 fully saturated rings. The van der Waals surface area contributed by atoms with Gasteiger partial charge in [-0.1, -0.05) is 41.7 Å².